The Morgan fingerprint density at radius 2 is 1.74 bits per heavy atom. The summed E-state index contributed by atoms with van der Waals surface area (Å²) < 4.78 is 2.06. The summed E-state index contributed by atoms with van der Waals surface area (Å²) in [6.45, 7) is 4.30. The van der Waals surface area contributed by atoms with E-state index in [4.69, 9.17) is 0 Å². The minimum Gasteiger partial charge on any atom is -0.351 e. The number of aryl methyl sites for hydroxylation is 1. The maximum absolute atomic E-state index is 13.0. The molecule has 0 bridgehead atoms. The summed E-state index contributed by atoms with van der Waals surface area (Å²) in [4.78, 5) is 17.4. The van der Waals surface area contributed by atoms with Crippen LogP contribution in [0.1, 0.15) is 15.9 Å². The number of fused-ring (bicyclic) bond motifs is 1. The van der Waals surface area contributed by atoms with E-state index in [9.17, 15) is 4.79 Å². The van der Waals surface area contributed by atoms with Crippen LogP contribution in [-0.2, 0) is 7.05 Å². The molecule has 4 heteroatoms. The molecular weight excluding hydrogens is 334 g/mol. The second kappa shape index (κ2) is 7.80. The second-order valence-corrected chi connectivity index (χ2v) is 7.07. The standard InChI is InChI=1S/C23H25N3O/c1-24-14-12-20-21(10-5-11-22(20)24)23(27)26-17-15-25(16-18-26)13-6-9-19-7-3-2-4-8-19/h2-12,14H,13,15-18H2,1H3. The van der Waals surface area contributed by atoms with Gasteiger partial charge in [-0.1, -0.05) is 48.6 Å². The molecule has 0 atom stereocenters. The van der Waals surface area contributed by atoms with Crippen LogP contribution in [0.15, 0.2) is 66.9 Å². The van der Waals surface area contributed by atoms with E-state index in [-0.39, 0.29) is 5.91 Å². The van der Waals surface area contributed by atoms with Crippen molar-refractivity contribution in [1.29, 1.82) is 0 Å². The molecule has 0 unspecified atom stereocenters. The summed E-state index contributed by atoms with van der Waals surface area (Å²) in [5, 5.41) is 1.04. The zero-order chi connectivity index (χ0) is 18.6. The van der Waals surface area contributed by atoms with Crippen LogP contribution in [0.2, 0.25) is 0 Å². The Bertz CT molecular complexity index is 950. The molecule has 2 heterocycles. The van der Waals surface area contributed by atoms with Crippen LogP contribution in [0.4, 0.5) is 0 Å². The van der Waals surface area contributed by atoms with Gasteiger partial charge in [-0.2, -0.15) is 0 Å². The summed E-state index contributed by atoms with van der Waals surface area (Å²) in [5.74, 6) is 0.145. The fourth-order valence-electron chi connectivity index (χ4n) is 3.69. The van der Waals surface area contributed by atoms with Crippen molar-refractivity contribution in [3.05, 3.63) is 78.0 Å². The Balaban J connectivity index is 1.36. The summed E-state index contributed by atoms with van der Waals surface area (Å²) >= 11 is 0. The highest BCUT2D eigenvalue weighted by Gasteiger charge is 2.23. The monoisotopic (exact) mass is 359 g/mol. The van der Waals surface area contributed by atoms with E-state index in [1.165, 1.54) is 5.56 Å². The van der Waals surface area contributed by atoms with Crippen molar-refractivity contribution in [2.75, 3.05) is 32.7 Å². The molecule has 0 radical (unpaired) electrons. The molecule has 1 fully saturated rings. The van der Waals surface area contributed by atoms with Crippen LogP contribution in [0.3, 0.4) is 0 Å². The van der Waals surface area contributed by atoms with Crippen LogP contribution < -0.4 is 0 Å². The minimum atomic E-state index is 0.145. The molecular formula is C23H25N3O. The highest BCUT2D eigenvalue weighted by atomic mass is 16.2. The summed E-state index contributed by atoms with van der Waals surface area (Å²) in [5.41, 5.74) is 3.14. The third-order valence-electron chi connectivity index (χ3n) is 5.29. The molecule has 4 nitrogen and oxygen atoms in total. The summed E-state index contributed by atoms with van der Waals surface area (Å²) in [6, 6.07) is 18.4. The Kier molecular flexibility index (Phi) is 5.07. The Hall–Kier alpha value is -2.85. The quantitative estimate of drug-likeness (QED) is 0.711. The molecule has 1 aliphatic rings. The predicted molar refractivity (Wildman–Crippen MR) is 111 cm³/mol. The number of hydrogen-bond donors (Lipinski definition) is 0. The number of piperazine rings is 1. The number of nitrogens with zero attached hydrogens (tertiary/aromatic N) is 3. The molecule has 2 aromatic carbocycles. The van der Waals surface area contributed by atoms with Gasteiger partial charge in [0.15, 0.2) is 0 Å². The number of carbonyl (C=O) groups excluding carboxylic acids is 1. The first kappa shape index (κ1) is 17.6. The van der Waals surface area contributed by atoms with Gasteiger partial charge in [-0.3, -0.25) is 9.69 Å². The Morgan fingerprint density at radius 1 is 0.963 bits per heavy atom. The van der Waals surface area contributed by atoms with Crippen LogP contribution >= 0.6 is 0 Å². The largest absolute Gasteiger partial charge is 0.351 e. The number of hydrogen-bond acceptors (Lipinski definition) is 2. The van der Waals surface area contributed by atoms with E-state index in [0.717, 1.165) is 49.2 Å². The van der Waals surface area contributed by atoms with E-state index in [0.29, 0.717) is 0 Å². The normalized spacial score (nSPS) is 15.7. The summed E-state index contributed by atoms with van der Waals surface area (Å²) in [6.07, 6.45) is 6.38. The van der Waals surface area contributed by atoms with Gasteiger partial charge in [0.25, 0.3) is 5.91 Å². The lowest BCUT2D eigenvalue weighted by Crippen LogP contribution is -2.48. The second-order valence-electron chi connectivity index (χ2n) is 7.07. The predicted octanol–water partition coefficient (Wildman–Crippen LogP) is 3.65. The van der Waals surface area contributed by atoms with Gasteiger partial charge in [-0.05, 0) is 23.8 Å². The number of carbonyl (C=O) groups is 1. The molecule has 27 heavy (non-hydrogen) atoms. The van der Waals surface area contributed by atoms with Crippen LogP contribution in [0.5, 0.6) is 0 Å². The van der Waals surface area contributed by atoms with Crippen molar-refractivity contribution >= 4 is 22.9 Å². The van der Waals surface area contributed by atoms with Crippen molar-refractivity contribution in [1.82, 2.24) is 14.4 Å². The number of amides is 1. The topological polar surface area (TPSA) is 28.5 Å². The fourth-order valence-corrected chi connectivity index (χ4v) is 3.69. The third-order valence-corrected chi connectivity index (χ3v) is 5.29. The zero-order valence-corrected chi connectivity index (χ0v) is 15.7. The molecule has 1 saturated heterocycles. The zero-order valence-electron chi connectivity index (χ0n) is 15.7. The smallest absolute Gasteiger partial charge is 0.254 e. The van der Waals surface area contributed by atoms with Gasteiger partial charge in [-0.25, -0.2) is 0 Å². The summed E-state index contributed by atoms with van der Waals surface area (Å²) in [7, 11) is 2.01. The van der Waals surface area contributed by atoms with Crippen LogP contribution in [0.25, 0.3) is 17.0 Å². The number of rotatable bonds is 4. The molecule has 3 aromatic rings. The van der Waals surface area contributed by atoms with Gasteiger partial charge in [0.2, 0.25) is 0 Å². The molecule has 1 aliphatic heterocycles. The van der Waals surface area contributed by atoms with Crippen molar-refractivity contribution < 1.29 is 4.79 Å². The molecule has 0 spiro atoms. The molecule has 4 rings (SSSR count). The first-order valence-electron chi connectivity index (χ1n) is 9.49. The number of aromatic nitrogens is 1. The molecule has 1 amide bonds. The van der Waals surface area contributed by atoms with Crippen molar-refractivity contribution in [3.8, 4) is 0 Å². The molecule has 0 aliphatic carbocycles. The van der Waals surface area contributed by atoms with Crippen molar-refractivity contribution in [2.24, 2.45) is 7.05 Å². The first-order chi connectivity index (χ1) is 13.2. The average Bonchev–Trinajstić information content (AvgIpc) is 3.10. The van der Waals surface area contributed by atoms with E-state index in [1.54, 1.807) is 0 Å². The fraction of sp³-hybridized carbons (Fsp3) is 0.261. The average molecular weight is 359 g/mol. The lowest BCUT2D eigenvalue weighted by atomic mass is 10.1. The van der Waals surface area contributed by atoms with Gasteiger partial charge >= 0.3 is 0 Å². The van der Waals surface area contributed by atoms with E-state index < -0.39 is 0 Å². The van der Waals surface area contributed by atoms with Gasteiger partial charge in [0.05, 0.1) is 0 Å². The molecule has 0 N–H and O–H groups in total. The first-order valence-corrected chi connectivity index (χ1v) is 9.49. The molecule has 0 saturated carbocycles. The Labute approximate surface area is 160 Å². The Morgan fingerprint density at radius 3 is 2.52 bits per heavy atom. The van der Waals surface area contributed by atoms with Crippen LogP contribution in [-0.4, -0.2) is 53.0 Å². The van der Waals surface area contributed by atoms with Gasteiger partial charge in [-0.15, -0.1) is 0 Å². The lowest BCUT2D eigenvalue weighted by Gasteiger charge is -2.34. The third kappa shape index (κ3) is 3.81. The highest BCUT2D eigenvalue weighted by molar-refractivity contribution is 6.06. The van der Waals surface area contributed by atoms with Gasteiger partial charge in [0, 0.05) is 62.4 Å². The lowest BCUT2D eigenvalue weighted by molar-refractivity contribution is 0.0652. The SMILES string of the molecule is Cn1ccc2c(C(=O)N3CCN(CC=Cc4ccccc4)CC3)cccc21. The van der Waals surface area contributed by atoms with E-state index in [1.807, 2.05) is 42.4 Å². The van der Waals surface area contributed by atoms with E-state index >= 15 is 0 Å². The highest BCUT2D eigenvalue weighted by Crippen LogP contribution is 2.21. The van der Waals surface area contributed by atoms with Gasteiger partial charge in [0.1, 0.15) is 0 Å². The van der Waals surface area contributed by atoms with Crippen molar-refractivity contribution in [2.45, 2.75) is 0 Å². The maximum atomic E-state index is 13.0. The van der Waals surface area contributed by atoms with Gasteiger partial charge < -0.3 is 9.47 Å². The molecule has 1 aromatic heterocycles. The maximum Gasteiger partial charge on any atom is 0.254 e. The van der Waals surface area contributed by atoms with Crippen LogP contribution in [0, 0.1) is 0 Å². The molecule has 138 valence electrons. The van der Waals surface area contributed by atoms with E-state index in [2.05, 4.69) is 52.0 Å². The van der Waals surface area contributed by atoms with Crippen molar-refractivity contribution in [3.63, 3.8) is 0 Å². The minimum absolute atomic E-state index is 0.145. The number of benzene rings is 2.